The largest absolute Gasteiger partial charge is 0.336 e. The van der Waals surface area contributed by atoms with Crippen molar-refractivity contribution in [2.45, 2.75) is 0 Å². The summed E-state index contributed by atoms with van der Waals surface area (Å²) in [5.74, 6) is 0.144. The van der Waals surface area contributed by atoms with E-state index in [4.69, 9.17) is 0 Å². The van der Waals surface area contributed by atoms with Gasteiger partial charge in [0.05, 0.1) is 0 Å². The summed E-state index contributed by atoms with van der Waals surface area (Å²) in [4.78, 5) is 16.7. The molecule has 118 valence electrons. The normalized spacial score (nSPS) is 15.9. The van der Waals surface area contributed by atoms with Gasteiger partial charge in [0.1, 0.15) is 0 Å². The van der Waals surface area contributed by atoms with Crippen molar-refractivity contribution < 1.29 is 4.79 Å². The van der Waals surface area contributed by atoms with E-state index >= 15 is 0 Å². The third kappa shape index (κ3) is 4.30. The molecule has 3 heteroatoms. The van der Waals surface area contributed by atoms with E-state index in [-0.39, 0.29) is 5.91 Å². The first-order valence-electron chi connectivity index (χ1n) is 8.11. The van der Waals surface area contributed by atoms with Crippen molar-refractivity contribution in [3.63, 3.8) is 0 Å². The lowest BCUT2D eigenvalue weighted by molar-refractivity contribution is 0.0650. The molecule has 1 aliphatic heterocycles. The molecule has 0 N–H and O–H groups in total. The predicted molar refractivity (Wildman–Crippen MR) is 94.3 cm³/mol. The molecule has 1 aliphatic rings. The molecular weight excluding hydrogens is 284 g/mol. The summed E-state index contributed by atoms with van der Waals surface area (Å²) in [6, 6.07) is 19.9. The summed E-state index contributed by atoms with van der Waals surface area (Å²) in [6.45, 7) is 4.39. The van der Waals surface area contributed by atoms with E-state index in [0.29, 0.717) is 0 Å². The summed E-state index contributed by atoms with van der Waals surface area (Å²) < 4.78 is 0. The molecule has 0 aromatic heterocycles. The zero-order chi connectivity index (χ0) is 15.9. The molecule has 0 spiro atoms. The lowest BCUT2D eigenvalue weighted by Gasteiger charge is -2.34. The minimum atomic E-state index is 0.144. The molecule has 1 fully saturated rings. The molecule has 2 aromatic carbocycles. The molecule has 23 heavy (non-hydrogen) atoms. The molecule has 0 saturated carbocycles. The molecule has 0 unspecified atom stereocenters. The third-order valence-corrected chi connectivity index (χ3v) is 4.15. The van der Waals surface area contributed by atoms with Crippen LogP contribution in [0.2, 0.25) is 0 Å². The second kappa shape index (κ2) is 7.75. The SMILES string of the molecule is O=C(c1ccccc1)N1CCN(C/C=C\c2ccccc2)CC1. The van der Waals surface area contributed by atoms with E-state index in [1.165, 1.54) is 5.56 Å². The van der Waals surface area contributed by atoms with Crippen molar-refractivity contribution in [3.05, 3.63) is 77.9 Å². The van der Waals surface area contributed by atoms with Gasteiger partial charge in [-0.3, -0.25) is 9.69 Å². The van der Waals surface area contributed by atoms with E-state index in [1.807, 2.05) is 53.4 Å². The van der Waals surface area contributed by atoms with E-state index in [1.54, 1.807) is 0 Å². The van der Waals surface area contributed by atoms with Crippen molar-refractivity contribution in [2.75, 3.05) is 32.7 Å². The van der Waals surface area contributed by atoms with Gasteiger partial charge in [-0.25, -0.2) is 0 Å². The quantitative estimate of drug-likeness (QED) is 0.866. The Morgan fingerprint density at radius 3 is 2.13 bits per heavy atom. The van der Waals surface area contributed by atoms with Gasteiger partial charge in [0.15, 0.2) is 0 Å². The average Bonchev–Trinajstić information content (AvgIpc) is 2.63. The van der Waals surface area contributed by atoms with Crippen molar-refractivity contribution in [3.8, 4) is 0 Å². The first kappa shape index (κ1) is 15.5. The molecule has 3 rings (SSSR count). The van der Waals surface area contributed by atoms with Gasteiger partial charge < -0.3 is 4.90 Å². The second-order valence-electron chi connectivity index (χ2n) is 5.77. The van der Waals surface area contributed by atoms with Gasteiger partial charge in [-0.15, -0.1) is 0 Å². The molecule has 1 heterocycles. The molecule has 0 aliphatic carbocycles. The van der Waals surface area contributed by atoms with Crippen LogP contribution in [0.1, 0.15) is 15.9 Å². The van der Waals surface area contributed by atoms with Crippen LogP contribution in [-0.2, 0) is 0 Å². The first-order chi connectivity index (χ1) is 11.3. The van der Waals surface area contributed by atoms with E-state index in [0.717, 1.165) is 38.3 Å². The summed E-state index contributed by atoms with van der Waals surface area (Å²) in [7, 11) is 0. The number of hydrogen-bond donors (Lipinski definition) is 0. The maximum absolute atomic E-state index is 12.4. The Hall–Kier alpha value is -2.39. The highest BCUT2D eigenvalue weighted by Crippen LogP contribution is 2.09. The summed E-state index contributed by atoms with van der Waals surface area (Å²) in [5, 5.41) is 0. The van der Waals surface area contributed by atoms with Crippen LogP contribution in [0.3, 0.4) is 0 Å². The van der Waals surface area contributed by atoms with Gasteiger partial charge in [-0.1, -0.05) is 60.7 Å². The van der Waals surface area contributed by atoms with Crippen LogP contribution in [0.25, 0.3) is 6.08 Å². The Morgan fingerprint density at radius 2 is 1.48 bits per heavy atom. The Labute approximate surface area is 137 Å². The number of amides is 1. The fourth-order valence-corrected chi connectivity index (χ4v) is 2.80. The van der Waals surface area contributed by atoms with Gasteiger partial charge in [-0.05, 0) is 17.7 Å². The number of carbonyl (C=O) groups excluding carboxylic acids is 1. The highest BCUT2D eigenvalue weighted by atomic mass is 16.2. The molecule has 3 nitrogen and oxygen atoms in total. The molecule has 0 radical (unpaired) electrons. The van der Waals surface area contributed by atoms with E-state index in [2.05, 4.69) is 29.2 Å². The number of nitrogens with zero attached hydrogens (tertiary/aromatic N) is 2. The standard InChI is InChI=1S/C20H22N2O/c23-20(19-11-5-2-6-12-19)22-16-14-21(15-17-22)13-7-10-18-8-3-1-4-9-18/h1-12H,13-17H2/b10-7-. The Kier molecular flexibility index (Phi) is 5.22. The topological polar surface area (TPSA) is 23.6 Å². The van der Waals surface area contributed by atoms with E-state index in [9.17, 15) is 4.79 Å². The van der Waals surface area contributed by atoms with Gasteiger partial charge >= 0.3 is 0 Å². The first-order valence-corrected chi connectivity index (χ1v) is 8.11. The second-order valence-corrected chi connectivity index (χ2v) is 5.77. The van der Waals surface area contributed by atoms with Crippen molar-refractivity contribution in [2.24, 2.45) is 0 Å². The summed E-state index contributed by atoms with van der Waals surface area (Å²) in [6.07, 6.45) is 4.35. The summed E-state index contributed by atoms with van der Waals surface area (Å²) in [5.41, 5.74) is 2.01. The molecule has 1 amide bonds. The smallest absolute Gasteiger partial charge is 0.253 e. The Morgan fingerprint density at radius 1 is 0.870 bits per heavy atom. The molecular formula is C20H22N2O. The highest BCUT2D eigenvalue weighted by molar-refractivity contribution is 5.94. The monoisotopic (exact) mass is 306 g/mol. The van der Waals surface area contributed by atoms with Crippen molar-refractivity contribution >= 4 is 12.0 Å². The number of piperazine rings is 1. The fraction of sp³-hybridized carbons (Fsp3) is 0.250. The Bertz CT molecular complexity index is 644. The number of hydrogen-bond acceptors (Lipinski definition) is 2. The highest BCUT2D eigenvalue weighted by Gasteiger charge is 2.21. The van der Waals surface area contributed by atoms with Gasteiger partial charge in [0.2, 0.25) is 0 Å². The molecule has 0 bridgehead atoms. The minimum Gasteiger partial charge on any atom is -0.336 e. The molecule has 2 aromatic rings. The van der Waals surface area contributed by atoms with Crippen molar-refractivity contribution in [1.29, 1.82) is 0 Å². The van der Waals surface area contributed by atoms with Crippen LogP contribution in [-0.4, -0.2) is 48.4 Å². The maximum atomic E-state index is 12.4. The van der Waals surface area contributed by atoms with E-state index < -0.39 is 0 Å². The van der Waals surface area contributed by atoms with Crippen LogP contribution in [0.15, 0.2) is 66.7 Å². The van der Waals surface area contributed by atoms with Gasteiger partial charge in [-0.2, -0.15) is 0 Å². The number of carbonyl (C=O) groups is 1. The zero-order valence-corrected chi connectivity index (χ0v) is 13.3. The average molecular weight is 306 g/mol. The van der Waals surface area contributed by atoms with Gasteiger partial charge in [0.25, 0.3) is 5.91 Å². The summed E-state index contributed by atoms with van der Waals surface area (Å²) >= 11 is 0. The van der Waals surface area contributed by atoms with Crippen LogP contribution in [0.4, 0.5) is 0 Å². The molecule has 1 saturated heterocycles. The maximum Gasteiger partial charge on any atom is 0.253 e. The van der Waals surface area contributed by atoms with Crippen LogP contribution < -0.4 is 0 Å². The minimum absolute atomic E-state index is 0.144. The zero-order valence-electron chi connectivity index (χ0n) is 13.3. The lowest BCUT2D eigenvalue weighted by Crippen LogP contribution is -2.48. The van der Waals surface area contributed by atoms with Crippen LogP contribution in [0, 0.1) is 0 Å². The predicted octanol–water partition coefficient (Wildman–Crippen LogP) is 3.16. The van der Waals surface area contributed by atoms with Crippen LogP contribution >= 0.6 is 0 Å². The number of rotatable bonds is 4. The van der Waals surface area contributed by atoms with Crippen LogP contribution in [0.5, 0.6) is 0 Å². The van der Waals surface area contributed by atoms with Gasteiger partial charge in [0, 0.05) is 38.3 Å². The number of benzene rings is 2. The van der Waals surface area contributed by atoms with Crippen molar-refractivity contribution in [1.82, 2.24) is 9.80 Å². The molecule has 0 atom stereocenters. The third-order valence-electron chi connectivity index (χ3n) is 4.15. The fourth-order valence-electron chi connectivity index (χ4n) is 2.80. The lowest BCUT2D eigenvalue weighted by atomic mass is 10.2. The Balaban J connectivity index is 1.47.